The Morgan fingerprint density at radius 2 is 1.96 bits per heavy atom. The zero-order valence-corrected chi connectivity index (χ0v) is 15.6. The zero-order chi connectivity index (χ0) is 19.1. The summed E-state index contributed by atoms with van der Waals surface area (Å²) in [6, 6.07) is 10.8. The van der Waals surface area contributed by atoms with Crippen molar-refractivity contribution in [1.82, 2.24) is 0 Å². The molecule has 0 spiro atoms. The van der Waals surface area contributed by atoms with Crippen LogP contribution in [0.4, 0.5) is 5.69 Å². The van der Waals surface area contributed by atoms with E-state index in [0.717, 1.165) is 10.6 Å². The molecule has 0 aliphatic heterocycles. The average molecular weight is 371 g/mol. The van der Waals surface area contributed by atoms with E-state index in [-0.39, 0.29) is 12.4 Å². The molecule has 0 radical (unpaired) electrons. The number of carboxylic acid groups (broad SMARTS) is 1. The van der Waals surface area contributed by atoms with E-state index in [1.54, 1.807) is 37.4 Å². The molecule has 6 heteroatoms. The average Bonchev–Trinajstić information content (AvgIpc) is 3.15. The van der Waals surface area contributed by atoms with E-state index in [1.807, 2.05) is 29.5 Å². The largest absolute Gasteiger partial charge is 0.481 e. The van der Waals surface area contributed by atoms with Crippen molar-refractivity contribution in [3.8, 4) is 0 Å². The molecule has 2 aromatic rings. The number of carboxylic acids is 1. The fraction of sp³-hybridized carbons (Fsp3) is 0.200. The molecule has 0 bridgehead atoms. The minimum absolute atomic E-state index is 0.123. The molecule has 1 aromatic heterocycles. The summed E-state index contributed by atoms with van der Waals surface area (Å²) < 4.78 is 4.97. The number of esters is 1. The topological polar surface area (TPSA) is 66.8 Å². The molecule has 1 N–H and O–H groups in total. The highest BCUT2D eigenvalue weighted by Crippen LogP contribution is 2.28. The highest BCUT2D eigenvalue weighted by molar-refractivity contribution is 7.11. The monoisotopic (exact) mass is 371 g/mol. The van der Waals surface area contributed by atoms with E-state index in [4.69, 9.17) is 4.74 Å². The normalized spacial score (nSPS) is 11.1. The Labute approximate surface area is 156 Å². The molecule has 5 nitrogen and oxygen atoms in total. The Morgan fingerprint density at radius 3 is 2.50 bits per heavy atom. The van der Waals surface area contributed by atoms with E-state index in [0.29, 0.717) is 23.3 Å². The van der Waals surface area contributed by atoms with Crippen molar-refractivity contribution in [1.29, 1.82) is 0 Å². The van der Waals surface area contributed by atoms with Gasteiger partial charge in [-0.05, 0) is 53.8 Å². The molecule has 0 saturated carbocycles. The van der Waals surface area contributed by atoms with Gasteiger partial charge in [0.1, 0.15) is 0 Å². The Hall–Kier alpha value is -2.86. The number of aliphatic carboxylic acids is 1. The summed E-state index contributed by atoms with van der Waals surface area (Å²) in [5.41, 5.74) is 2.61. The number of thiophene rings is 1. The van der Waals surface area contributed by atoms with Crippen LogP contribution in [-0.2, 0) is 9.53 Å². The van der Waals surface area contributed by atoms with Crippen molar-refractivity contribution in [3.05, 3.63) is 70.6 Å². The van der Waals surface area contributed by atoms with Crippen molar-refractivity contribution in [2.24, 2.45) is 0 Å². The Bertz CT molecular complexity index is 807. The van der Waals surface area contributed by atoms with Crippen molar-refractivity contribution in [3.63, 3.8) is 0 Å². The molecule has 2 rings (SSSR count). The van der Waals surface area contributed by atoms with Gasteiger partial charge in [0, 0.05) is 23.8 Å². The van der Waals surface area contributed by atoms with Gasteiger partial charge in [0.2, 0.25) is 0 Å². The second kappa shape index (κ2) is 9.01. The van der Waals surface area contributed by atoms with Crippen LogP contribution in [0.15, 0.2) is 60.1 Å². The summed E-state index contributed by atoms with van der Waals surface area (Å²) >= 11 is 1.52. The van der Waals surface area contributed by atoms with Gasteiger partial charge in [0.05, 0.1) is 18.6 Å². The molecule has 0 fully saturated rings. The number of anilines is 1. The lowest BCUT2D eigenvalue weighted by molar-refractivity contribution is -0.136. The van der Waals surface area contributed by atoms with Gasteiger partial charge in [-0.3, -0.25) is 4.79 Å². The maximum atomic E-state index is 11.7. The van der Waals surface area contributed by atoms with Crippen LogP contribution in [-0.4, -0.2) is 30.7 Å². The maximum absolute atomic E-state index is 11.7. The molecule has 0 amide bonds. The number of carbonyl (C=O) groups is 2. The van der Waals surface area contributed by atoms with E-state index in [9.17, 15) is 14.7 Å². The molecule has 1 aromatic carbocycles. The van der Waals surface area contributed by atoms with Gasteiger partial charge < -0.3 is 14.7 Å². The van der Waals surface area contributed by atoms with Crippen LogP contribution in [0.2, 0.25) is 0 Å². The molecule has 1 heterocycles. The summed E-state index contributed by atoms with van der Waals surface area (Å²) in [7, 11) is 1.82. The summed E-state index contributed by atoms with van der Waals surface area (Å²) in [4.78, 5) is 25.7. The molecule has 136 valence electrons. The smallest absolute Gasteiger partial charge is 0.338 e. The quantitative estimate of drug-likeness (QED) is 0.549. The number of ether oxygens (including phenoxy) is 1. The molecule has 0 unspecified atom stereocenters. The zero-order valence-electron chi connectivity index (χ0n) is 14.8. The fourth-order valence-electron chi connectivity index (χ4n) is 2.36. The Balaban J connectivity index is 2.23. The van der Waals surface area contributed by atoms with Gasteiger partial charge in [-0.15, -0.1) is 11.3 Å². The van der Waals surface area contributed by atoms with Crippen molar-refractivity contribution in [2.45, 2.75) is 13.3 Å². The summed E-state index contributed by atoms with van der Waals surface area (Å²) in [6.45, 7) is 6.13. The van der Waals surface area contributed by atoms with E-state index in [1.165, 1.54) is 11.3 Å². The van der Waals surface area contributed by atoms with Gasteiger partial charge in [0.25, 0.3) is 0 Å². The van der Waals surface area contributed by atoms with Gasteiger partial charge in [-0.25, -0.2) is 4.79 Å². The van der Waals surface area contributed by atoms with E-state index < -0.39 is 5.97 Å². The number of allylic oxidation sites excluding steroid dienone is 1. The van der Waals surface area contributed by atoms with Crippen molar-refractivity contribution >= 4 is 34.5 Å². The molecule has 0 aliphatic rings. The minimum atomic E-state index is -0.917. The molecule has 0 atom stereocenters. The highest BCUT2D eigenvalue weighted by atomic mass is 32.1. The molecule has 26 heavy (non-hydrogen) atoms. The van der Waals surface area contributed by atoms with Gasteiger partial charge in [0.15, 0.2) is 0 Å². The number of hydrogen-bond donors (Lipinski definition) is 1. The Morgan fingerprint density at radius 1 is 1.27 bits per heavy atom. The van der Waals surface area contributed by atoms with Crippen LogP contribution in [0.3, 0.4) is 0 Å². The third-order valence-corrected chi connectivity index (χ3v) is 4.61. The van der Waals surface area contributed by atoms with E-state index in [2.05, 4.69) is 6.58 Å². The number of rotatable bonds is 8. The third kappa shape index (κ3) is 5.07. The first-order valence-electron chi connectivity index (χ1n) is 8.08. The molecular formula is C20H21NO4S. The third-order valence-electron chi connectivity index (χ3n) is 3.68. The standard InChI is InChI=1S/C20H21NO4S/c1-4-25-20(24)15-7-9-17(10-8-15)21(3)13-16(12-19(22)23)14(2)18-6-5-11-26-18/h5-11,13H,2,4,12H2,1,3H3,(H,22,23)/b16-13-. The van der Waals surface area contributed by atoms with Crippen LogP contribution >= 0.6 is 11.3 Å². The number of nitrogens with zero attached hydrogens (tertiary/aromatic N) is 1. The van der Waals surface area contributed by atoms with E-state index >= 15 is 0 Å². The predicted molar refractivity (Wildman–Crippen MR) is 104 cm³/mol. The first-order valence-corrected chi connectivity index (χ1v) is 8.96. The lowest BCUT2D eigenvalue weighted by atomic mass is 10.0. The van der Waals surface area contributed by atoms with Gasteiger partial charge in [-0.2, -0.15) is 0 Å². The first kappa shape index (κ1) is 19.5. The lowest BCUT2D eigenvalue weighted by Gasteiger charge is -2.18. The number of benzene rings is 1. The van der Waals surface area contributed by atoms with Crippen molar-refractivity contribution in [2.75, 3.05) is 18.6 Å². The molecular weight excluding hydrogens is 350 g/mol. The predicted octanol–water partition coefficient (Wildman–Crippen LogP) is 4.43. The highest BCUT2D eigenvalue weighted by Gasteiger charge is 2.13. The second-order valence-electron chi connectivity index (χ2n) is 5.56. The van der Waals surface area contributed by atoms with Gasteiger partial charge in [-0.1, -0.05) is 12.6 Å². The Kier molecular flexibility index (Phi) is 6.74. The fourth-order valence-corrected chi connectivity index (χ4v) is 3.09. The summed E-state index contributed by atoms with van der Waals surface area (Å²) in [5, 5.41) is 11.1. The lowest BCUT2D eigenvalue weighted by Crippen LogP contribution is -2.12. The van der Waals surface area contributed by atoms with Crippen LogP contribution in [0.25, 0.3) is 5.57 Å². The van der Waals surface area contributed by atoms with Gasteiger partial charge >= 0.3 is 11.9 Å². The number of carbonyl (C=O) groups excluding carboxylic acids is 1. The molecule has 0 saturated heterocycles. The summed E-state index contributed by atoms with van der Waals surface area (Å²) in [6.07, 6.45) is 1.64. The summed E-state index contributed by atoms with van der Waals surface area (Å²) in [5.74, 6) is -1.28. The SMILES string of the molecule is C=C(/C(=C\N(C)c1ccc(C(=O)OCC)cc1)CC(=O)O)c1cccs1. The van der Waals surface area contributed by atoms with Crippen LogP contribution < -0.4 is 4.90 Å². The molecule has 0 aliphatic carbocycles. The maximum Gasteiger partial charge on any atom is 0.338 e. The van der Waals surface area contributed by atoms with Crippen molar-refractivity contribution < 1.29 is 19.4 Å². The van der Waals surface area contributed by atoms with Crippen LogP contribution in [0, 0.1) is 0 Å². The van der Waals surface area contributed by atoms with Crippen LogP contribution in [0.1, 0.15) is 28.6 Å². The first-order chi connectivity index (χ1) is 12.4. The number of hydrogen-bond acceptors (Lipinski definition) is 5. The second-order valence-corrected chi connectivity index (χ2v) is 6.51. The van der Waals surface area contributed by atoms with Crippen LogP contribution in [0.5, 0.6) is 0 Å². The minimum Gasteiger partial charge on any atom is -0.481 e.